The van der Waals surface area contributed by atoms with Gasteiger partial charge in [0.25, 0.3) is 0 Å². The molecule has 2 heterocycles. The summed E-state index contributed by atoms with van der Waals surface area (Å²) in [6, 6.07) is 34.7. The van der Waals surface area contributed by atoms with Crippen molar-refractivity contribution >= 4 is 16.7 Å². The smallest absolute Gasteiger partial charge is 0.224 e. The van der Waals surface area contributed by atoms with Crippen LogP contribution in [0.1, 0.15) is 42.2 Å². The van der Waals surface area contributed by atoms with Gasteiger partial charge in [0.05, 0.1) is 16.8 Å². The highest BCUT2D eigenvalue weighted by Gasteiger charge is 2.80. The van der Waals surface area contributed by atoms with E-state index in [9.17, 15) is 9.32 Å². The van der Waals surface area contributed by atoms with E-state index in [1.54, 1.807) is 0 Å². The minimum Gasteiger partial charge on any atom is -0.476 e. The number of epoxide rings is 1. The van der Waals surface area contributed by atoms with Crippen molar-refractivity contribution < 1.29 is 18.8 Å². The van der Waals surface area contributed by atoms with Crippen molar-refractivity contribution in [2.45, 2.75) is 53.9 Å². The Kier molecular flexibility index (Phi) is 6.95. The van der Waals surface area contributed by atoms with Crippen molar-refractivity contribution in [3.8, 4) is 0 Å². The van der Waals surface area contributed by atoms with Gasteiger partial charge < -0.3 is 14.6 Å². The molecule has 4 atom stereocenters. The topological polar surface area (TPSA) is 71.4 Å². The van der Waals surface area contributed by atoms with E-state index in [0.29, 0.717) is 27.9 Å². The summed E-state index contributed by atoms with van der Waals surface area (Å²) >= 11 is 0. The second kappa shape index (κ2) is 10.4. The first-order valence-electron chi connectivity index (χ1n) is 13.7. The lowest BCUT2D eigenvalue weighted by Crippen LogP contribution is -2.40. The summed E-state index contributed by atoms with van der Waals surface area (Å²) < 4.78 is 27.0. The standard InChI is InChI=1S/C34H33NO4S/c1-23(2)29-22-38-32(35-29)34(33(39-34,25-12-6-4-7-13-25)26-14-8-5-9-15-26)31(36)28-16-10-11-17-30(28)40(37)27-20-18-24(3)19-21-27/h4-21,23,29,31,36H,22H2,1-3H3/t29-,31-,34-,40?/m1/s1. The van der Waals surface area contributed by atoms with Crippen LogP contribution >= 0.6 is 0 Å². The van der Waals surface area contributed by atoms with Gasteiger partial charge in [0.15, 0.2) is 5.60 Å². The van der Waals surface area contributed by atoms with Crippen LogP contribution < -0.4 is 0 Å². The Balaban J connectivity index is 1.54. The fourth-order valence-corrected chi connectivity index (χ4v) is 6.88. The molecule has 0 aromatic heterocycles. The Labute approximate surface area is 238 Å². The van der Waals surface area contributed by atoms with Gasteiger partial charge in [-0.1, -0.05) is 110 Å². The van der Waals surface area contributed by atoms with E-state index in [-0.39, 0.29) is 12.0 Å². The number of hydrogen-bond donors (Lipinski definition) is 1. The SMILES string of the molecule is Cc1ccc(S(=O)c2ccccc2[C@@H](O)[C@]2(C3=N[C@@H](C(C)C)CO3)OC2(c2ccccc2)c2ccccc2)cc1. The Bertz CT molecular complexity index is 1510. The minimum atomic E-state index is -1.52. The highest BCUT2D eigenvalue weighted by atomic mass is 32.2. The molecule has 204 valence electrons. The maximum atomic E-state index is 13.9. The molecule has 0 saturated carbocycles. The van der Waals surface area contributed by atoms with Gasteiger partial charge in [-0.15, -0.1) is 0 Å². The summed E-state index contributed by atoms with van der Waals surface area (Å²) in [6.45, 7) is 6.64. The van der Waals surface area contributed by atoms with Gasteiger partial charge in [0, 0.05) is 15.4 Å². The number of aliphatic hydroxyl groups excluding tert-OH is 1. The zero-order valence-electron chi connectivity index (χ0n) is 22.9. The van der Waals surface area contributed by atoms with Crippen LogP contribution in [0.3, 0.4) is 0 Å². The number of hydrogen-bond acceptors (Lipinski definition) is 5. The minimum absolute atomic E-state index is 0.0514. The van der Waals surface area contributed by atoms with Crippen LogP contribution in [0.5, 0.6) is 0 Å². The highest BCUT2D eigenvalue weighted by molar-refractivity contribution is 7.85. The van der Waals surface area contributed by atoms with Crippen LogP contribution in [0.15, 0.2) is 124 Å². The quantitative estimate of drug-likeness (QED) is 0.259. The molecule has 4 aromatic carbocycles. The maximum absolute atomic E-state index is 13.9. The van der Waals surface area contributed by atoms with Crippen molar-refractivity contribution in [1.82, 2.24) is 0 Å². The Morgan fingerprint density at radius 3 is 2.00 bits per heavy atom. The second-order valence-electron chi connectivity index (χ2n) is 10.8. The van der Waals surface area contributed by atoms with Gasteiger partial charge in [-0.2, -0.15) is 0 Å². The molecule has 0 spiro atoms. The van der Waals surface area contributed by atoms with Crippen LogP contribution in [-0.2, 0) is 25.9 Å². The molecule has 1 saturated heterocycles. The number of nitrogens with zero attached hydrogens (tertiary/aromatic N) is 1. The average molecular weight is 552 g/mol. The number of rotatable bonds is 8. The zero-order chi connectivity index (χ0) is 27.9. The van der Waals surface area contributed by atoms with Crippen molar-refractivity contribution in [1.29, 1.82) is 0 Å². The lowest BCUT2D eigenvalue weighted by molar-refractivity contribution is 0.0941. The average Bonchev–Trinajstić information content (AvgIpc) is 3.46. The fourth-order valence-electron chi connectivity index (χ4n) is 5.65. The summed E-state index contributed by atoms with van der Waals surface area (Å²) in [6.07, 6.45) is -1.22. The third-order valence-corrected chi connectivity index (χ3v) is 9.42. The summed E-state index contributed by atoms with van der Waals surface area (Å²) in [5.74, 6) is 0.636. The lowest BCUT2D eigenvalue weighted by Gasteiger charge is -2.26. The first-order chi connectivity index (χ1) is 19.4. The van der Waals surface area contributed by atoms with Crippen molar-refractivity contribution in [3.05, 3.63) is 131 Å². The second-order valence-corrected chi connectivity index (χ2v) is 12.3. The summed E-state index contributed by atoms with van der Waals surface area (Å²) in [4.78, 5) is 6.19. The van der Waals surface area contributed by atoms with Crippen LogP contribution in [0.2, 0.25) is 0 Å². The van der Waals surface area contributed by atoms with Gasteiger partial charge >= 0.3 is 0 Å². The van der Waals surface area contributed by atoms with E-state index in [1.165, 1.54) is 0 Å². The first-order valence-corrected chi connectivity index (χ1v) is 14.8. The lowest BCUT2D eigenvalue weighted by atomic mass is 9.76. The molecule has 5 nitrogen and oxygen atoms in total. The molecular weight excluding hydrogens is 518 g/mol. The van der Waals surface area contributed by atoms with Gasteiger partial charge in [-0.3, -0.25) is 0 Å². The van der Waals surface area contributed by atoms with Crippen molar-refractivity contribution in [2.75, 3.05) is 6.61 Å². The Morgan fingerprint density at radius 1 is 0.850 bits per heavy atom. The van der Waals surface area contributed by atoms with Crippen LogP contribution in [0.4, 0.5) is 0 Å². The van der Waals surface area contributed by atoms with Crippen LogP contribution in [0.25, 0.3) is 0 Å². The fraction of sp³-hybridized carbons (Fsp3) is 0.265. The van der Waals surface area contributed by atoms with E-state index >= 15 is 0 Å². The third kappa shape index (κ3) is 4.22. The molecule has 1 fully saturated rings. The molecule has 40 heavy (non-hydrogen) atoms. The van der Waals surface area contributed by atoms with E-state index in [1.807, 2.05) is 116 Å². The molecule has 0 amide bonds. The van der Waals surface area contributed by atoms with E-state index < -0.39 is 28.1 Å². The molecule has 6 rings (SSSR count). The van der Waals surface area contributed by atoms with Crippen molar-refractivity contribution in [3.63, 3.8) is 0 Å². The van der Waals surface area contributed by atoms with E-state index in [0.717, 1.165) is 16.7 Å². The summed E-state index contributed by atoms with van der Waals surface area (Å²) in [5, 5.41) is 12.5. The summed E-state index contributed by atoms with van der Waals surface area (Å²) in [7, 11) is -1.52. The molecule has 0 radical (unpaired) electrons. The van der Waals surface area contributed by atoms with Crippen LogP contribution in [-0.4, -0.2) is 33.5 Å². The normalized spacial score (nSPS) is 22.8. The molecule has 1 N–H and O–H groups in total. The van der Waals surface area contributed by atoms with Gasteiger partial charge in [0.1, 0.15) is 12.7 Å². The molecule has 0 bridgehead atoms. The Hall–Kier alpha value is -3.58. The molecule has 2 aliphatic rings. The van der Waals surface area contributed by atoms with Gasteiger partial charge in [-0.05, 0) is 42.2 Å². The van der Waals surface area contributed by atoms with Gasteiger partial charge in [0.2, 0.25) is 11.5 Å². The molecule has 6 heteroatoms. The number of aliphatic hydroxyl groups is 1. The predicted molar refractivity (Wildman–Crippen MR) is 157 cm³/mol. The third-order valence-electron chi connectivity index (χ3n) is 7.95. The van der Waals surface area contributed by atoms with E-state index in [2.05, 4.69) is 13.8 Å². The zero-order valence-corrected chi connectivity index (χ0v) is 23.7. The number of benzene rings is 4. The molecule has 2 aliphatic heterocycles. The highest BCUT2D eigenvalue weighted by Crippen LogP contribution is 2.66. The monoisotopic (exact) mass is 551 g/mol. The number of ether oxygens (including phenoxy) is 2. The van der Waals surface area contributed by atoms with Gasteiger partial charge in [-0.25, -0.2) is 9.20 Å². The van der Waals surface area contributed by atoms with E-state index in [4.69, 9.17) is 14.5 Å². The maximum Gasteiger partial charge on any atom is 0.224 e. The largest absolute Gasteiger partial charge is 0.476 e. The molecule has 0 aliphatic carbocycles. The molecule has 4 aromatic rings. The first kappa shape index (κ1) is 26.6. The Morgan fingerprint density at radius 2 is 1.43 bits per heavy atom. The number of aryl methyl sites for hydroxylation is 1. The predicted octanol–water partition coefficient (Wildman–Crippen LogP) is 6.36. The van der Waals surface area contributed by atoms with Crippen molar-refractivity contribution in [2.24, 2.45) is 10.9 Å². The van der Waals surface area contributed by atoms with Crippen LogP contribution in [0, 0.1) is 12.8 Å². The molecule has 1 unspecified atom stereocenters. The molecular formula is C34H33NO4S. The summed E-state index contributed by atoms with van der Waals surface area (Å²) in [5.41, 5.74) is 0.971. The number of aliphatic imine (C=N–C) groups is 1.